The van der Waals surface area contributed by atoms with Crippen molar-refractivity contribution in [1.82, 2.24) is 0 Å². The second kappa shape index (κ2) is 8.72. The minimum atomic E-state index is -0.328. The molecular weight excluding hydrogens is 274 g/mol. The summed E-state index contributed by atoms with van der Waals surface area (Å²) < 4.78 is 4.85. The van der Waals surface area contributed by atoms with Crippen molar-refractivity contribution < 1.29 is 9.53 Å². The molecule has 0 N–H and O–H groups in total. The van der Waals surface area contributed by atoms with Crippen LogP contribution in [-0.2, 0) is 9.53 Å². The van der Waals surface area contributed by atoms with E-state index in [1.165, 1.54) is 31.1 Å². The SMILES string of the molecule is CCCN=C/C=C(\C=C\C1=C(C)CCCC1(C)C)C(=O)OC. The van der Waals surface area contributed by atoms with Gasteiger partial charge < -0.3 is 4.74 Å². The molecule has 3 nitrogen and oxygen atoms in total. The Hall–Kier alpha value is -1.64. The summed E-state index contributed by atoms with van der Waals surface area (Å²) in [5, 5.41) is 0. The van der Waals surface area contributed by atoms with E-state index in [9.17, 15) is 4.79 Å². The van der Waals surface area contributed by atoms with Crippen molar-refractivity contribution in [1.29, 1.82) is 0 Å². The van der Waals surface area contributed by atoms with Crippen LogP contribution in [0.2, 0.25) is 0 Å². The summed E-state index contributed by atoms with van der Waals surface area (Å²) in [5.41, 5.74) is 3.44. The maximum atomic E-state index is 11.9. The van der Waals surface area contributed by atoms with E-state index in [-0.39, 0.29) is 11.4 Å². The van der Waals surface area contributed by atoms with Crippen LogP contribution in [0.1, 0.15) is 53.4 Å². The van der Waals surface area contributed by atoms with Gasteiger partial charge in [0.15, 0.2) is 0 Å². The standard InChI is InChI=1S/C19H29NO2/c1-6-13-20-14-11-16(18(21)22-5)9-10-17-15(2)8-7-12-19(17,3)4/h9-11,14H,6-8,12-13H2,1-5H3/b10-9+,16-11+,20-14?. The number of rotatable bonds is 6. The number of hydrogen-bond donors (Lipinski definition) is 0. The number of methoxy groups -OCH3 is 1. The summed E-state index contributed by atoms with van der Waals surface area (Å²) in [6.45, 7) is 9.55. The number of nitrogens with zero attached hydrogens (tertiary/aromatic N) is 1. The van der Waals surface area contributed by atoms with Gasteiger partial charge in [0, 0.05) is 12.8 Å². The molecule has 22 heavy (non-hydrogen) atoms. The number of carbonyl (C=O) groups excluding carboxylic acids is 1. The van der Waals surface area contributed by atoms with Crippen LogP contribution in [0.5, 0.6) is 0 Å². The van der Waals surface area contributed by atoms with Crippen molar-refractivity contribution in [3.63, 3.8) is 0 Å². The highest BCUT2D eigenvalue weighted by Crippen LogP contribution is 2.40. The van der Waals surface area contributed by atoms with Gasteiger partial charge in [-0.15, -0.1) is 0 Å². The number of ether oxygens (including phenoxy) is 1. The molecule has 0 spiro atoms. The number of allylic oxidation sites excluding steroid dienone is 4. The van der Waals surface area contributed by atoms with Crippen molar-refractivity contribution in [2.75, 3.05) is 13.7 Å². The van der Waals surface area contributed by atoms with Crippen LogP contribution >= 0.6 is 0 Å². The molecule has 0 aliphatic heterocycles. The Labute approximate surface area is 134 Å². The molecule has 1 aliphatic carbocycles. The van der Waals surface area contributed by atoms with Crippen molar-refractivity contribution in [3.05, 3.63) is 34.9 Å². The highest BCUT2D eigenvalue weighted by molar-refractivity contribution is 5.96. The Bertz CT molecular complexity index is 508. The monoisotopic (exact) mass is 303 g/mol. The maximum Gasteiger partial charge on any atom is 0.337 e. The highest BCUT2D eigenvalue weighted by atomic mass is 16.5. The van der Waals surface area contributed by atoms with Gasteiger partial charge in [-0.1, -0.05) is 32.4 Å². The van der Waals surface area contributed by atoms with Gasteiger partial charge in [0.25, 0.3) is 0 Å². The molecular formula is C19H29NO2. The third-order valence-electron chi connectivity index (χ3n) is 4.11. The molecule has 0 saturated heterocycles. The van der Waals surface area contributed by atoms with Crippen LogP contribution < -0.4 is 0 Å². The van der Waals surface area contributed by atoms with Gasteiger partial charge >= 0.3 is 5.97 Å². The van der Waals surface area contributed by atoms with Gasteiger partial charge in [-0.05, 0) is 55.7 Å². The lowest BCUT2D eigenvalue weighted by Crippen LogP contribution is -2.19. The zero-order valence-corrected chi connectivity index (χ0v) is 14.6. The highest BCUT2D eigenvalue weighted by Gasteiger charge is 2.26. The number of aliphatic imine (C=N–C) groups is 1. The molecule has 0 amide bonds. The molecule has 3 heteroatoms. The van der Waals surface area contributed by atoms with Gasteiger partial charge in [0.05, 0.1) is 12.7 Å². The van der Waals surface area contributed by atoms with Crippen LogP contribution in [0.4, 0.5) is 0 Å². The van der Waals surface area contributed by atoms with E-state index in [0.717, 1.165) is 19.4 Å². The lowest BCUT2D eigenvalue weighted by molar-refractivity contribution is -0.135. The zero-order chi connectivity index (χ0) is 16.6. The van der Waals surface area contributed by atoms with Crippen molar-refractivity contribution in [2.45, 2.75) is 53.4 Å². The topological polar surface area (TPSA) is 38.7 Å². The summed E-state index contributed by atoms with van der Waals surface area (Å²) >= 11 is 0. The fourth-order valence-electron chi connectivity index (χ4n) is 2.83. The fourth-order valence-corrected chi connectivity index (χ4v) is 2.83. The first-order valence-corrected chi connectivity index (χ1v) is 8.09. The third-order valence-corrected chi connectivity index (χ3v) is 4.11. The second-order valence-electron chi connectivity index (χ2n) is 6.43. The van der Waals surface area contributed by atoms with E-state index in [1.807, 2.05) is 6.08 Å². The number of esters is 1. The van der Waals surface area contributed by atoms with Gasteiger partial charge in [0.1, 0.15) is 0 Å². The Kier molecular flexibility index (Phi) is 7.30. The average molecular weight is 303 g/mol. The van der Waals surface area contributed by atoms with E-state index in [1.54, 1.807) is 12.3 Å². The molecule has 0 heterocycles. The molecule has 0 aromatic carbocycles. The molecule has 0 bridgehead atoms. The third kappa shape index (κ3) is 5.28. The van der Waals surface area contributed by atoms with Gasteiger partial charge in [-0.3, -0.25) is 4.99 Å². The second-order valence-corrected chi connectivity index (χ2v) is 6.43. The molecule has 0 saturated carbocycles. The lowest BCUT2D eigenvalue weighted by Gasteiger charge is -2.32. The van der Waals surface area contributed by atoms with E-state index >= 15 is 0 Å². The summed E-state index contributed by atoms with van der Waals surface area (Å²) in [7, 11) is 1.41. The van der Waals surface area contributed by atoms with Crippen LogP contribution in [-0.4, -0.2) is 25.8 Å². The van der Waals surface area contributed by atoms with Crippen molar-refractivity contribution in [2.24, 2.45) is 10.4 Å². The Morgan fingerprint density at radius 3 is 2.73 bits per heavy atom. The average Bonchev–Trinajstić information content (AvgIpc) is 2.47. The number of carbonyl (C=O) groups is 1. The van der Waals surface area contributed by atoms with Crippen LogP contribution in [0.15, 0.2) is 39.9 Å². The summed E-state index contributed by atoms with van der Waals surface area (Å²) in [5.74, 6) is -0.328. The molecule has 1 rings (SSSR count). The molecule has 0 aromatic rings. The van der Waals surface area contributed by atoms with E-state index in [2.05, 4.69) is 38.8 Å². The predicted molar refractivity (Wildman–Crippen MR) is 93.2 cm³/mol. The first-order valence-electron chi connectivity index (χ1n) is 8.09. The first-order chi connectivity index (χ1) is 10.4. The molecule has 0 fully saturated rings. The maximum absolute atomic E-state index is 11.9. The van der Waals surface area contributed by atoms with E-state index < -0.39 is 0 Å². The van der Waals surface area contributed by atoms with Gasteiger partial charge in [-0.25, -0.2) is 4.79 Å². The largest absolute Gasteiger partial charge is 0.465 e. The molecule has 0 aromatic heterocycles. The van der Waals surface area contributed by atoms with Gasteiger partial charge in [-0.2, -0.15) is 0 Å². The van der Waals surface area contributed by atoms with E-state index in [4.69, 9.17) is 4.74 Å². The van der Waals surface area contributed by atoms with Gasteiger partial charge in [0.2, 0.25) is 0 Å². The van der Waals surface area contributed by atoms with E-state index in [0.29, 0.717) is 5.57 Å². The van der Waals surface area contributed by atoms with Crippen molar-refractivity contribution >= 4 is 12.2 Å². The Morgan fingerprint density at radius 1 is 1.41 bits per heavy atom. The normalized spacial score (nSPS) is 19.2. The lowest BCUT2D eigenvalue weighted by atomic mass is 9.72. The quantitative estimate of drug-likeness (QED) is 0.310. The first kappa shape index (κ1) is 18.4. The minimum absolute atomic E-state index is 0.163. The Balaban J connectivity index is 3.00. The molecule has 1 aliphatic rings. The van der Waals surface area contributed by atoms with Crippen molar-refractivity contribution in [3.8, 4) is 0 Å². The smallest absolute Gasteiger partial charge is 0.337 e. The van der Waals surface area contributed by atoms with Crippen LogP contribution in [0.3, 0.4) is 0 Å². The van der Waals surface area contributed by atoms with Crippen LogP contribution in [0.25, 0.3) is 0 Å². The molecule has 0 unspecified atom stereocenters. The zero-order valence-electron chi connectivity index (χ0n) is 14.6. The summed E-state index contributed by atoms with van der Waals surface area (Å²) in [6.07, 6.45) is 11.9. The molecule has 0 atom stereocenters. The minimum Gasteiger partial charge on any atom is -0.465 e. The molecule has 122 valence electrons. The summed E-state index contributed by atoms with van der Waals surface area (Å²) in [6, 6.07) is 0. The summed E-state index contributed by atoms with van der Waals surface area (Å²) in [4.78, 5) is 16.1. The Morgan fingerprint density at radius 2 is 2.14 bits per heavy atom. The van der Waals surface area contributed by atoms with Crippen LogP contribution in [0, 0.1) is 5.41 Å². The fraction of sp³-hybridized carbons (Fsp3) is 0.579. The molecule has 0 radical (unpaired) electrons. The number of hydrogen-bond acceptors (Lipinski definition) is 3. The predicted octanol–water partition coefficient (Wildman–Crippen LogP) is 4.65.